The molecule has 0 bridgehead atoms. The number of hydrogen-bond acceptors (Lipinski definition) is 2. The average Bonchev–Trinajstić information content (AvgIpc) is 2.00. The maximum Gasteiger partial charge on any atom is 0.0546 e. The lowest BCUT2D eigenvalue weighted by molar-refractivity contribution is 0.0258. The summed E-state index contributed by atoms with van der Waals surface area (Å²) in [5, 5.41) is 9.09. The first-order valence-electron chi connectivity index (χ1n) is 4.64. The summed E-state index contributed by atoms with van der Waals surface area (Å²) < 4.78 is 0. The molecule has 1 unspecified atom stereocenters. The van der Waals surface area contributed by atoms with Crippen LogP contribution in [0.4, 0.5) is 0 Å². The third kappa shape index (κ3) is 2.32. The molecule has 0 aliphatic heterocycles. The summed E-state index contributed by atoms with van der Waals surface area (Å²) in [6.45, 7) is 6.99. The van der Waals surface area contributed by atoms with Crippen molar-refractivity contribution >= 4 is 0 Å². The van der Waals surface area contributed by atoms with Crippen LogP contribution in [0.2, 0.25) is 0 Å². The van der Waals surface area contributed by atoms with Crippen molar-refractivity contribution in [3.8, 4) is 0 Å². The second kappa shape index (κ2) is 4.06. The third-order valence-corrected chi connectivity index (χ3v) is 2.79. The van der Waals surface area contributed by atoms with E-state index in [2.05, 4.69) is 25.5 Å². The molecule has 2 heteroatoms. The van der Waals surface area contributed by atoms with Crippen LogP contribution in [-0.4, -0.2) is 35.7 Å². The quantitative estimate of drug-likeness (QED) is 0.640. The van der Waals surface area contributed by atoms with Crippen molar-refractivity contribution in [1.82, 2.24) is 4.90 Å². The van der Waals surface area contributed by atoms with Crippen LogP contribution in [0.1, 0.15) is 19.8 Å². The highest BCUT2D eigenvalue weighted by Gasteiger charge is 2.28. The monoisotopic (exact) mass is 169 g/mol. The standard InChI is InChI=1S/C10H19NO/c1-4-8(2)11(3)7-9-5-10(12)6-9/h4,8-10,12H,1,5-7H2,2-3H3. The van der Waals surface area contributed by atoms with Crippen LogP contribution in [0.15, 0.2) is 12.7 Å². The summed E-state index contributed by atoms with van der Waals surface area (Å²) in [5.41, 5.74) is 0. The zero-order chi connectivity index (χ0) is 9.14. The van der Waals surface area contributed by atoms with Gasteiger partial charge >= 0.3 is 0 Å². The van der Waals surface area contributed by atoms with Crippen molar-refractivity contribution < 1.29 is 5.11 Å². The van der Waals surface area contributed by atoms with Gasteiger partial charge in [0.15, 0.2) is 0 Å². The summed E-state index contributed by atoms with van der Waals surface area (Å²) in [5.74, 6) is 0.701. The van der Waals surface area contributed by atoms with E-state index in [1.807, 2.05) is 6.08 Å². The third-order valence-electron chi connectivity index (χ3n) is 2.79. The van der Waals surface area contributed by atoms with E-state index in [9.17, 15) is 0 Å². The average molecular weight is 169 g/mol. The van der Waals surface area contributed by atoms with Crippen molar-refractivity contribution in [2.24, 2.45) is 5.92 Å². The number of likely N-dealkylation sites (N-methyl/N-ethyl adjacent to an activating group) is 1. The van der Waals surface area contributed by atoms with Crippen LogP contribution in [-0.2, 0) is 0 Å². The van der Waals surface area contributed by atoms with E-state index in [0.29, 0.717) is 12.0 Å². The van der Waals surface area contributed by atoms with E-state index in [4.69, 9.17) is 5.11 Å². The van der Waals surface area contributed by atoms with Gasteiger partial charge in [0, 0.05) is 12.6 Å². The molecule has 0 aromatic rings. The number of rotatable bonds is 4. The molecule has 0 amide bonds. The number of nitrogens with zero attached hydrogens (tertiary/aromatic N) is 1. The maximum absolute atomic E-state index is 9.09. The Morgan fingerprint density at radius 3 is 2.67 bits per heavy atom. The molecular weight excluding hydrogens is 150 g/mol. The minimum Gasteiger partial charge on any atom is -0.393 e. The van der Waals surface area contributed by atoms with Crippen LogP contribution >= 0.6 is 0 Å². The van der Waals surface area contributed by atoms with Crippen molar-refractivity contribution in [3.63, 3.8) is 0 Å². The molecule has 0 radical (unpaired) electrons. The van der Waals surface area contributed by atoms with Gasteiger partial charge in [0.25, 0.3) is 0 Å². The predicted molar refractivity (Wildman–Crippen MR) is 51.0 cm³/mol. The Kier molecular flexibility index (Phi) is 3.29. The van der Waals surface area contributed by atoms with Gasteiger partial charge in [0.05, 0.1) is 6.10 Å². The maximum atomic E-state index is 9.09. The molecule has 1 atom stereocenters. The SMILES string of the molecule is C=CC(C)N(C)CC1CC(O)C1. The van der Waals surface area contributed by atoms with Crippen LogP contribution in [0.5, 0.6) is 0 Å². The van der Waals surface area contributed by atoms with Gasteiger partial charge in [-0.1, -0.05) is 6.08 Å². The van der Waals surface area contributed by atoms with Gasteiger partial charge in [-0.15, -0.1) is 6.58 Å². The van der Waals surface area contributed by atoms with Crippen molar-refractivity contribution in [1.29, 1.82) is 0 Å². The highest BCUT2D eigenvalue weighted by molar-refractivity contribution is 4.86. The molecule has 1 aliphatic carbocycles. The Labute approximate surface area is 74.9 Å². The molecule has 1 N–H and O–H groups in total. The van der Waals surface area contributed by atoms with E-state index >= 15 is 0 Å². The molecule has 70 valence electrons. The lowest BCUT2D eigenvalue weighted by Gasteiger charge is -2.35. The molecular formula is C10H19NO. The Morgan fingerprint density at radius 1 is 1.67 bits per heavy atom. The van der Waals surface area contributed by atoms with Gasteiger partial charge < -0.3 is 5.11 Å². The Hall–Kier alpha value is -0.340. The molecule has 0 aromatic heterocycles. The highest BCUT2D eigenvalue weighted by atomic mass is 16.3. The molecule has 1 saturated carbocycles. The lowest BCUT2D eigenvalue weighted by Crippen LogP contribution is -2.39. The van der Waals surface area contributed by atoms with Gasteiger partial charge in [0.1, 0.15) is 0 Å². The zero-order valence-corrected chi connectivity index (χ0v) is 8.03. The lowest BCUT2D eigenvalue weighted by atomic mass is 9.82. The molecule has 12 heavy (non-hydrogen) atoms. The Bertz CT molecular complexity index is 152. The molecule has 0 aromatic carbocycles. The highest BCUT2D eigenvalue weighted by Crippen LogP contribution is 2.27. The molecule has 1 rings (SSSR count). The molecule has 1 aliphatic rings. The molecule has 0 spiro atoms. The second-order valence-corrected chi connectivity index (χ2v) is 3.91. The fraction of sp³-hybridized carbons (Fsp3) is 0.800. The number of aliphatic hydroxyl groups excluding tert-OH is 1. The first-order chi connectivity index (χ1) is 5.63. The van der Waals surface area contributed by atoms with Gasteiger partial charge in [-0.25, -0.2) is 0 Å². The first kappa shape index (κ1) is 9.75. The first-order valence-corrected chi connectivity index (χ1v) is 4.64. The van der Waals surface area contributed by atoms with Gasteiger partial charge in [-0.2, -0.15) is 0 Å². The molecule has 0 heterocycles. The van der Waals surface area contributed by atoms with Crippen LogP contribution in [0.25, 0.3) is 0 Å². The molecule has 2 nitrogen and oxygen atoms in total. The van der Waals surface area contributed by atoms with Crippen LogP contribution in [0.3, 0.4) is 0 Å². The topological polar surface area (TPSA) is 23.5 Å². The Morgan fingerprint density at radius 2 is 2.25 bits per heavy atom. The van der Waals surface area contributed by atoms with Gasteiger partial charge in [-0.3, -0.25) is 4.90 Å². The van der Waals surface area contributed by atoms with E-state index in [0.717, 1.165) is 19.4 Å². The van der Waals surface area contributed by atoms with Crippen molar-refractivity contribution in [2.45, 2.75) is 31.9 Å². The summed E-state index contributed by atoms with van der Waals surface area (Å²) in [4.78, 5) is 2.28. The van der Waals surface area contributed by atoms with E-state index < -0.39 is 0 Å². The normalized spacial score (nSPS) is 31.3. The van der Waals surface area contributed by atoms with E-state index in [1.54, 1.807) is 0 Å². The smallest absolute Gasteiger partial charge is 0.0546 e. The number of hydrogen-bond donors (Lipinski definition) is 1. The second-order valence-electron chi connectivity index (χ2n) is 3.91. The Balaban J connectivity index is 2.18. The van der Waals surface area contributed by atoms with E-state index in [1.165, 1.54) is 0 Å². The largest absolute Gasteiger partial charge is 0.393 e. The summed E-state index contributed by atoms with van der Waals surface area (Å²) in [6.07, 6.45) is 3.89. The summed E-state index contributed by atoms with van der Waals surface area (Å²) >= 11 is 0. The predicted octanol–water partition coefficient (Wildman–Crippen LogP) is 1.26. The minimum absolute atomic E-state index is 0.0255. The van der Waals surface area contributed by atoms with Crippen LogP contribution in [0, 0.1) is 5.92 Å². The number of aliphatic hydroxyl groups is 1. The molecule has 1 fully saturated rings. The fourth-order valence-corrected chi connectivity index (χ4v) is 1.60. The summed E-state index contributed by atoms with van der Waals surface area (Å²) in [7, 11) is 2.11. The van der Waals surface area contributed by atoms with Gasteiger partial charge in [-0.05, 0) is 32.7 Å². The molecule has 0 saturated heterocycles. The van der Waals surface area contributed by atoms with Gasteiger partial charge in [0.2, 0.25) is 0 Å². The van der Waals surface area contributed by atoms with Crippen molar-refractivity contribution in [2.75, 3.05) is 13.6 Å². The fourth-order valence-electron chi connectivity index (χ4n) is 1.60. The van der Waals surface area contributed by atoms with Crippen LogP contribution < -0.4 is 0 Å². The summed E-state index contributed by atoms with van der Waals surface area (Å²) in [6, 6.07) is 0.447. The minimum atomic E-state index is -0.0255. The van der Waals surface area contributed by atoms with E-state index in [-0.39, 0.29) is 6.10 Å². The zero-order valence-electron chi connectivity index (χ0n) is 8.03. The van der Waals surface area contributed by atoms with Crippen molar-refractivity contribution in [3.05, 3.63) is 12.7 Å².